The largest absolute Gasteiger partial charge is 0.350 e. The van der Waals surface area contributed by atoms with Gasteiger partial charge in [0, 0.05) is 12.3 Å². The lowest BCUT2D eigenvalue weighted by Gasteiger charge is -2.13. The Hall–Kier alpha value is -1.96. The van der Waals surface area contributed by atoms with Crippen molar-refractivity contribution in [1.82, 2.24) is 24.7 Å². The van der Waals surface area contributed by atoms with Crippen molar-refractivity contribution in [2.75, 3.05) is 5.32 Å². The molecule has 0 amide bonds. The fourth-order valence-electron chi connectivity index (χ4n) is 2.07. The van der Waals surface area contributed by atoms with E-state index in [-0.39, 0.29) is 11.5 Å². The van der Waals surface area contributed by atoms with E-state index in [0.717, 1.165) is 22.2 Å². The normalized spacial score (nSPS) is 13.7. The number of fused-ring (bicyclic) bond motifs is 1. The van der Waals surface area contributed by atoms with Crippen molar-refractivity contribution in [2.45, 2.75) is 52.5 Å². The summed E-state index contributed by atoms with van der Waals surface area (Å²) in [7, 11) is 0. The zero-order chi connectivity index (χ0) is 15.9. The van der Waals surface area contributed by atoms with Gasteiger partial charge in [-0.15, -0.1) is 5.10 Å². The minimum absolute atomic E-state index is 0.0182. The Morgan fingerprint density at radius 2 is 2.14 bits per heavy atom. The number of nitrogens with zero attached hydrogens (tertiary/aromatic N) is 5. The van der Waals surface area contributed by atoms with Crippen LogP contribution in [0, 0.1) is 6.92 Å². The van der Waals surface area contributed by atoms with Crippen molar-refractivity contribution in [1.29, 1.82) is 0 Å². The molecule has 3 aromatic heterocycles. The van der Waals surface area contributed by atoms with E-state index in [1.54, 1.807) is 6.92 Å². The van der Waals surface area contributed by atoms with Gasteiger partial charge >= 0.3 is 0 Å². The van der Waals surface area contributed by atoms with Gasteiger partial charge in [0.05, 0.1) is 17.9 Å². The maximum Gasteiger partial charge on any atom is 0.223 e. The Morgan fingerprint density at radius 3 is 2.68 bits per heavy atom. The van der Waals surface area contributed by atoms with E-state index in [1.807, 2.05) is 10.7 Å². The molecule has 0 saturated heterocycles. The second-order valence-corrected chi connectivity index (χ2v) is 7.24. The van der Waals surface area contributed by atoms with Crippen molar-refractivity contribution in [3.63, 3.8) is 0 Å². The molecular formula is C14H20N6OS. The average Bonchev–Trinajstić information content (AvgIpc) is 3.08. The van der Waals surface area contributed by atoms with Crippen LogP contribution in [-0.4, -0.2) is 24.7 Å². The summed E-state index contributed by atoms with van der Waals surface area (Å²) in [6.45, 7) is 10.3. The van der Waals surface area contributed by atoms with Gasteiger partial charge in [-0.3, -0.25) is 0 Å². The molecule has 118 valence electrons. The standard InChI is InChI=1S/C14H20N6OS/c1-6-9(11-15-8(2)21-19-11)16-12-18-20-7-10(14(3,4)5)17-13(20)22-12/h7,9H,6H2,1-5H3,(H,16,18). The maximum atomic E-state index is 5.05. The van der Waals surface area contributed by atoms with E-state index in [0.29, 0.717) is 11.7 Å². The molecule has 3 aromatic rings. The summed E-state index contributed by atoms with van der Waals surface area (Å²) in [6, 6.07) is -0.0182. The minimum atomic E-state index is -0.0182. The lowest BCUT2D eigenvalue weighted by Crippen LogP contribution is -2.12. The van der Waals surface area contributed by atoms with Crippen LogP contribution in [0.3, 0.4) is 0 Å². The molecule has 0 aromatic carbocycles. The summed E-state index contributed by atoms with van der Waals surface area (Å²) < 4.78 is 6.87. The molecule has 0 fully saturated rings. The van der Waals surface area contributed by atoms with Crippen molar-refractivity contribution in [3.8, 4) is 0 Å². The number of nitrogens with one attached hydrogen (secondary N) is 1. The van der Waals surface area contributed by atoms with Crippen LogP contribution in [0.4, 0.5) is 5.13 Å². The van der Waals surface area contributed by atoms with Crippen LogP contribution >= 0.6 is 11.3 Å². The second-order valence-electron chi connectivity index (χ2n) is 6.29. The average molecular weight is 320 g/mol. The van der Waals surface area contributed by atoms with Gasteiger partial charge in [-0.2, -0.15) is 4.98 Å². The first-order chi connectivity index (χ1) is 10.4. The van der Waals surface area contributed by atoms with Crippen molar-refractivity contribution >= 4 is 21.4 Å². The second kappa shape index (κ2) is 5.35. The Balaban J connectivity index is 1.83. The van der Waals surface area contributed by atoms with Crippen molar-refractivity contribution < 1.29 is 4.52 Å². The summed E-state index contributed by atoms with van der Waals surface area (Å²) in [6.07, 6.45) is 2.82. The van der Waals surface area contributed by atoms with Gasteiger partial charge < -0.3 is 9.84 Å². The first-order valence-electron chi connectivity index (χ1n) is 7.30. The highest BCUT2D eigenvalue weighted by Crippen LogP contribution is 2.28. The number of anilines is 1. The summed E-state index contributed by atoms with van der Waals surface area (Å²) in [5.74, 6) is 1.22. The molecular weight excluding hydrogens is 300 g/mol. The van der Waals surface area contributed by atoms with Crippen LogP contribution in [0.5, 0.6) is 0 Å². The summed E-state index contributed by atoms with van der Waals surface area (Å²) in [5, 5.41) is 12.7. The fraction of sp³-hybridized carbons (Fsp3) is 0.571. The molecule has 7 nitrogen and oxygen atoms in total. The molecule has 8 heteroatoms. The number of hydrogen-bond acceptors (Lipinski definition) is 7. The number of hydrogen-bond donors (Lipinski definition) is 1. The number of aromatic nitrogens is 5. The van der Waals surface area contributed by atoms with E-state index >= 15 is 0 Å². The Kier molecular flexibility index (Phi) is 3.64. The Bertz CT molecular complexity index is 749. The molecule has 1 N–H and O–H groups in total. The van der Waals surface area contributed by atoms with Gasteiger partial charge in [-0.25, -0.2) is 9.50 Å². The van der Waals surface area contributed by atoms with Gasteiger partial charge in [0.25, 0.3) is 0 Å². The first-order valence-corrected chi connectivity index (χ1v) is 8.12. The van der Waals surface area contributed by atoms with Gasteiger partial charge in [0.2, 0.25) is 16.0 Å². The lowest BCUT2D eigenvalue weighted by atomic mass is 9.93. The fourth-order valence-corrected chi connectivity index (χ4v) is 2.91. The Labute approximate surface area is 132 Å². The molecule has 22 heavy (non-hydrogen) atoms. The van der Waals surface area contributed by atoms with Crippen LogP contribution in [0.25, 0.3) is 4.96 Å². The topological polar surface area (TPSA) is 81.1 Å². The third kappa shape index (κ3) is 2.83. The highest BCUT2D eigenvalue weighted by Gasteiger charge is 2.21. The van der Waals surface area contributed by atoms with Gasteiger partial charge in [0.15, 0.2) is 5.82 Å². The number of imidazole rings is 1. The smallest absolute Gasteiger partial charge is 0.223 e. The molecule has 0 bridgehead atoms. The quantitative estimate of drug-likeness (QED) is 0.794. The van der Waals surface area contributed by atoms with Crippen LogP contribution < -0.4 is 5.32 Å². The monoisotopic (exact) mass is 320 g/mol. The molecule has 0 saturated carbocycles. The highest BCUT2D eigenvalue weighted by atomic mass is 32.1. The zero-order valence-electron chi connectivity index (χ0n) is 13.4. The third-order valence-corrected chi connectivity index (χ3v) is 4.23. The minimum Gasteiger partial charge on any atom is -0.350 e. The predicted molar refractivity (Wildman–Crippen MR) is 85.3 cm³/mol. The molecule has 0 aliphatic rings. The van der Waals surface area contributed by atoms with E-state index in [4.69, 9.17) is 4.52 Å². The van der Waals surface area contributed by atoms with Crippen LogP contribution in [0.2, 0.25) is 0 Å². The third-order valence-electron chi connectivity index (χ3n) is 3.37. The van der Waals surface area contributed by atoms with Gasteiger partial charge in [0.1, 0.15) is 0 Å². The zero-order valence-corrected chi connectivity index (χ0v) is 14.2. The van der Waals surface area contributed by atoms with E-state index in [1.165, 1.54) is 11.3 Å². The number of aryl methyl sites for hydroxylation is 1. The number of rotatable bonds is 4. The molecule has 0 radical (unpaired) electrons. The highest BCUT2D eigenvalue weighted by molar-refractivity contribution is 7.20. The van der Waals surface area contributed by atoms with E-state index < -0.39 is 0 Å². The van der Waals surface area contributed by atoms with Gasteiger partial charge in [-0.1, -0.05) is 44.2 Å². The molecule has 0 aliphatic heterocycles. The Morgan fingerprint density at radius 1 is 1.36 bits per heavy atom. The maximum absolute atomic E-state index is 5.05. The van der Waals surface area contributed by atoms with Gasteiger partial charge in [-0.05, 0) is 6.42 Å². The summed E-state index contributed by atoms with van der Waals surface area (Å²) >= 11 is 1.52. The SMILES string of the molecule is CCC(Nc1nn2cc(C(C)(C)C)nc2s1)c1noc(C)n1. The van der Waals surface area contributed by atoms with Crippen LogP contribution in [-0.2, 0) is 5.41 Å². The predicted octanol–water partition coefficient (Wildman–Crippen LogP) is 3.34. The molecule has 3 heterocycles. The lowest BCUT2D eigenvalue weighted by molar-refractivity contribution is 0.384. The van der Waals surface area contributed by atoms with E-state index in [9.17, 15) is 0 Å². The molecule has 1 unspecified atom stereocenters. The molecule has 1 atom stereocenters. The van der Waals surface area contributed by atoms with Crippen molar-refractivity contribution in [3.05, 3.63) is 23.6 Å². The molecule has 0 spiro atoms. The summed E-state index contributed by atoms with van der Waals surface area (Å²) in [5.41, 5.74) is 1.06. The summed E-state index contributed by atoms with van der Waals surface area (Å²) in [4.78, 5) is 9.81. The van der Waals surface area contributed by atoms with E-state index in [2.05, 4.69) is 53.2 Å². The van der Waals surface area contributed by atoms with Crippen molar-refractivity contribution in [2.24, 2.45) is 0 Å². The van der Waals surface area contributed by atoms with Crippen LogP contribution in [0.1, 0.15) is 57.6 Å². The van der Waals surface area contributed by atoms with Crippen LogP contribution in [0.15, 0.2) is 10.7 Å². The molecule has 0 aliphatic carbocycles. The molecule has 3 rings (SSSR count). The first kappa shape index (κ1) is 15.0.